The van der Waals surface area contributed by atoms with Gasteiger partial charge in [-0.25, -0.2) is 0 Å². The number of hydrogen-bond acceptors (Lipinski definition) is 1. The Morgan fingerprint density at radius 3 is 2.21 bits per heavy atom. The largest absolute Gasteiger partial charge is 0.390 e. The summed E-state index contributed by atoms with van der Waals surface area (Å²) >= 11 is 0. The molecule has 0 aliphatic carbocycles. The van der Waals surface area contributed by atoms with Crippen molar-refractivity contribution in [3.63, 3.8) is 0 Å². The number of alkyl halides is 3. The molecule has 0 amide bonds. The van der Waals surface area contributed by atoms with Gasteiger partial charge in [-0.2, -0.15) is 13.2 Å². The molecule has 1 saturated heterocycles. The second-order valence-electron chi connectivity index (χ2n) is 5.39. The second-order valence-corrected chi connectivity index (χ2v) is 5.39. The lowest BCUT2D eigenvalue weighted by Crippen LogP contribution is -2.35. The minimum absolute atomic E-state index is 0.143. The summed E-state index contributed by atoms with van der Waals surface area (Å²) < 4.78 is 36.5. The van der Waals surface area contributed by atoms with Crippen LogP contribution in [0.3, 0.4) is 0 Å². The summed E-state index contributed by atoms with van der Waals surface area (Å²) in [5.74, 6) is 0.503. The van der Waals surface area contributed by atoms with E-state index in [1.165, 1.54) is 11.1 Å². The van der Waals surface area contributed by atoms with Crippen molar-refractivity contribution in [2.75, 3.05) is 19.6 Å². The van der Waals surface area contributed by atoms with E-state index in [0.29, 0.717) is 5.92 Å². The number of piperidine rings is 1. The highest BCUT2D eigenvalue weighted by molar-refractivity contribution is 5.24. The fourth-order valence-electron chi connectivity index (χ4n) is 2.61. The minimum atomic E-state index is -4.03. The van der Waals surface area contributed by atoms with E-state index >= 15 is 0 Å². The molecule has 1 aliphatic rings. The highest BCUT2D eigenvalue weighted by Gasteiger charge is 2.29. The molecule has 0 N–H and O–H groups in total. The fraction of sp³-hybridized carbons (Fsp3) is 0.600. The number of halogens is 3. The van der Waals surface area contributed by atoms with Crippen LogP contribution in [0, 0.1) is 6.92 Å². The Morgan fingerprint density at radius 1 is 1.11 bits per heavy atom. The third-order valence-electron chi connectivity index (χ3n) is 3.85. The maximum absolute atomic E-state index is 12.2. The third kappa shape index (κ3) is 4.53. The topological polar surface area (TPSA) is 3.24 Å². The molecule has 0 bridgehead atoms. The molecular weight excluding hydrogens is 251 g/mol. The van der Waals surface area contributed by atoms with Gasteiger partial charge in [-0.1, -0.05) is 29.8 Å². The Kier molecular flexibility index (Phi) is 4.50. The zero-order valence-corrected chi connectivity index (χ0v) is 11.2. The van der Waals surface area contributed by atoms with Crippen LogP contribution in [0.5, 0.6) is 0 Å². The molecule has 0 radical (unpaired) electrons. The molecule has 0 spiro atoms. The lowest BCUT2D eigenvalue weighted by Gasteiger charge is -2.32. The first-order valence-electron chi connectivity index (χ1n) is 6.80. The first-order valence-corrected chi connectivity index (χ1v) is 6.80. The number of likely N-dealkylation sites (tertiary alicyclic amines) is 1. The van der Waals surface area contributed by atoms with E-state index in [1.54, 1.807) is 0 Å². The molecule has 19 heavy (non-hydrogen) atoms. The van der Waals surface area contributed by atoms with Crippen LogP contribution in [0.15, 0.2) is 24.3 Å². The molecular formula is C15H20F3N. The Balaban J connectivity index is 1.81. The number of rotatable bonds is 3. The van der Waals surface area contributed by atoms with Gasteiger partial charge in [-0.05, 0) is 44.3 Å². The maximum Gasteiger partial charge on any atom is 0.390 e. The number of hydrogen-bond donors (Lipinski definition) is 0. The van der Waals surface area contributed by atoms with Crippen molar-refractivity contribution < 1.29 is 13.2 Å². The van der Waals surface area contributed by atoms with Crippen molar-refractivity contribution >= 4 is 0 Å². The molecule has 0 aromatic heterocycles. The number of nitrogens with zero attached hydrogens (tertiary/aromatic N) is 1. The average Bonchev–Trinajstić information content (AvgIpc) is 2.37. The molecule has 106 valence electrons. The van der Waals surface area contributed by atoms with Crippen LogP contribution in [-0.2, 0) is 0 Å². The van der Waals surface area contributed by atoms with E-state index in [4.69, 9.17) is 0 Å². The van der Waals surface area contributed by atoms with Gasteiger partial charge in [-0.15, -0.1) is 0 Å². The van der Waals surface area contributed by atoms with Crippen molar-refractivity contribution in [1.29, 1.82) is 0 Å². The molecule has 1 aromatic carbocycles. The van der Waals surface area contributed by atoms with Gasteiger partial charge in [0, 0.05) is 6.54 Å². The first kappa shape index (κ1) is 14.4. The SMILES string of the molecule is Cc1ccc(C2CCN(CCC(F)(F)F)CC2)cc1. The maximum atomic E-state index is 12.2. The average molecular weight is 271 g/mol. The molecule has 1 nitrogen and oxygen atoms in total. The zero-order valence-electron chi connectivity index (χ0n) is 11.2. The highest BCUT2D eigenvalue weighted by Crippen LogP contribution is 2.29. The van der Waals surface area contributed by atoms with Gasteiger partial charge in [0.05, 0.1) is 6.42 Å². The van der Waals surface area contributed by atoms with Crippen molar-refractivity contribution in [2.45, 2.75) is 38.3 Å². The summed E-state index contributed by atoms with van der Waals surface area (Å²) in [6.45, 7) is 3.75. The molecule has 1 aromatic rings. The van der Waals surface area contributed by atoms with Gasteiger partial charge in [0.15, 0.2) is 0 Å². The molecule has 0 saturated carbocycles. The van der Waals surface area contributed by atoms with Crippen LogP contribution in [-0.4, -0.2) is 30.7 Å². The zero-order chi connectivity index (χ0) is 13.9. The van der Waals surface area contributed by atoms with Gasteiger partial charge >= 0.3 is 6.18 Å². The Hall–Kier alpha value is -1.03. The van der Waals surface area contributed by atoms with Crippen LogP contribution in [0.4, 0.5) is 13.2 Å². The quantitative estimate of drug-likeness (QED) is 0.799. The van der Waals surface area contributed by atoms with E-state index in [-0.39, 0.29) is 6.54 Å². The van der Waals surface area contributed by atoms with E-state index in [9.17, 15) is 13.2 Å². The number of aryl methyl sites for hydroxylation is 1. The van der Waals surface area contributed by atoms with Crippen LogP contribution in [0.2, 0.25) is 0 Å². The van der Waals surface area contributed by atoms with E-state index in [2.05, 4.69) is 31.2 Å². The molecule has 1 aliphatic heterocycles. The van der Waals surface area contributed by atoms with E-state index < -0.39 is 12.6 Å². The molecule has 1 heterocycles. The summed E-state index contributed by atoms with van der Waals surface area (Å²) in [5, 5.41) is 0. The molecule has 4 heteroatoms. The lowest BCUT2D eigenvalue weighted by atomic mass is 9.89. The fourth-order valence-corrected chi connectivity index (χ4v) is 2.61. The normalized spacial score (nSPS) is 18.7. The first-order chi connectivity index (χ1) is 8.94. The standard InChI is InChI=1S/C15H20F3N/c1-12-2-4-13(5-3-12)14-6-9-19(10-7-14)11-8-15(16,17)18/h2-5,14H,6-11H2,1H3. The molecule has 2 rings (SSSR count). The predicted octanol–water partition coefficient (Wildman–Crippen LogP) is 4.13. The van der Waals surface area contributed by atoms with Crippen molar-refractivity contribution in [2.24, 2.45) is 0 Å². The van der Waals surface area contributed by atoms with Crippen molar-refractivity contribution in [1.82, 2.24) is 4.90 Å². The summed E-state index contributed by atoms with van der Waals surface area (Å²) in [7, 11) is 0. The second kappa shape index (κ2) is 5.95. The highest BCUT2D eigenvalue weighted by atomic mass is 19.4. The summed E-state index contributed by atoms with van der Waals surface area (Å²) in [6, 6.07) is 8.49. The smallest absolute Gasteiger partial charge is 0.303 e. The van der Waals surface area contributed by atoms with Crippen LogP contribution in [0.1, 0.15) is 36.3 Å². The van der Waals surface area contributed by atoms with Gasteiger partial charge in [0.25, 0.3) is 0 Å². The third-order valence-corrected chi connectivity index (χ3v) is 3.85. The lowest BCUT2D eigenvalue weighted by molar-refractivity contribution is -0.138. The molecule has 0 atom stereocenters. The van der Waals surface area contributed by atoms with Crippen molar-refractivity contribution in [3.05, 3.63) is 35.4 Å². The summed E-state index contributed by atoms with van der Waals surface area (Å²) in [4.78, 5) is 1.93. The van der Waals surface area contributed by atoms with E-state index in [0.717, 1.165) is 25.9 Å². The monoisotopic (exact) mass is 271 g/mol. The van der Waals surface area contributed by atoms with Crippen LogP contribution >= 0.6 is 0 Å². The molecule has 0 unspecified atom stereocenters. The van der Waals surface area contributed by atoms with Gasteiger partial charge in [-0.3, -0.25) is 0 Å². The number of benzene rings is 1. The Morgan fingerprint density at radius 2 is 1.68 bits per heavy atom. The van der Waals surface area contributed by atoms with Crippen LogP contribution in [0.25, 0.3) is 0 Å². The van der Waals surface area contributed by atoms with Crippen molar-refractivity contribution in [3.8, 4) is 0 Å². The molecule has 1 fully saturated rings. The summed E-state index contributed by atoms with van der Waals surface area (Å²) in [5.41, 5.74) is 2.56. The van der Waals surface area contributed by atoms with E-state index in [1.807, 2.05) is 4.90 Å². The predicted molar refractivity (Wildman–Crippen MR) is 70.3 cm³/mol. The Bertz CT molecular complexity index is 389. The van der Waals surface area contributed by atoms with Gasteiger partial charge < -0.3 is 4.90 Å². The van der Waals surface area contributed by atoms with Crippen LogP contribution < -0.4 is 0 Å². The van der Waals surface area contributed by atoms with Gasteiger partial charge in [0.1, 0.15) is 0 Å². The minimum Gasteiger partial charge on any atom is -0.303 e. The van der Waals surface area contributed by atoms with Gasteiger partial charge in [0.2, 0.25) is 0 Å². The summed E-state index contributed by atoms with van der Waals surface area (Å²) in [6.07, 6.45) is -2.81. The Labute approximate surface area is 112 Å².